The van der Waals surface area contributed by atoms with Gasteiger partial charge < -0.3 is 24.0 Å². The van der Waals surface area contributed by atoms with Gasteiger partial charge in [-0.05, 0) is 64.2 Å². The lowest BCUT2D eigenvalue weighted by Gasteiger charge is -2.24. The van der Waals surface area contributed by atoms with Gasteiger partial charge in [-0.15, -0.1) is 0 Å². The van der Waals surface area contributed by atoms with Gasteiger partial charge in [0, 0.05) is 6.42 Å². The molecule has 0 heterocycles. The van der Waals surface area contributed by atoms with Gasteiger partial charge in [0.15, 0.2) is 12.2 Å². The van der Waals surface area contributed by atoms with Crippen LogP contribution in [0.5, 0.6) is 0 Å². The van der Waals surface area contributed by atoms with Crippen molar-refractivity contribution in [3.8, 4) is 0 Å². The molecule has 55 heavy (non-hydrogen) atoms. The van der Waals surface area contributed by atoms with Crippen LogP contribution in [0.25, 0.3) is 0 Å². The normalized spacial score (nSPS) is 14.4. The number of unbranched alkanes of at least 4 members (excludes halogenated alkanes) is 21. The van der Waals surface area contributed by atoms with E-state index in [0.29, 0.717) is 23.9 Å². The fraction of sp³-hybridized carbons (Fsp3) is 0.864. The lowest BCUT2D eigenvalue weighted by atomic mass is 10.1. The monoisotopic (exact) mass is 803 g/mol. The summed E-state index contributed by atoms with van der Waals surface area (Å²) in [5.41, 5.74) is 0. The number of phosphoric ester groups is 1. The van der Waals surface area contributed by atoms with Crippen LogP contribution in [-0.4, -0.2) is 86.1 Å². The molecule has 2 N–H and O–H groups in total. The number of allylic oxidation sites excluding steroid dienone is 4. The lowest BCUT2D eigenvalue weighted by molar-refractivity contribution is -0.870. The highest BCUT2D eigenvalue weighted by Crippen LogP contribution is 2.43. The summed E-state index contributed by atoms with van der Waals surface area (Å²) < 4.78 is 34.0. The second-order valence-electron chi connectivity index (χ2n) is 16.2. The summed E-state index contributed by atoms with van der Waals surface area (Å²) in [6.07, 6.45) is 35.8. The number of phosphoric acid groups is 1. The third kappa shape index (κ3) is 39.1. The number of quaternary nitrogens is 1. The average Bonchev–Trinajstić information content (AvgIpc) is 3.13. The third-order valence-corrected chi connectivity index (χ3v) is 10.5. The molecule has 0 aliphatic rings. The van der Waals surface area contributed by atoms with Crippen molar-refractivity contribution in [2.45, 2.75) is 199 Å². The molecule has 324 valence electrons. The van der Waals surface area contributed by atoms with Gasteiger partial charge in [-0.2, -0.15) is 0 Å². The number of likely N-dealkylation sites (N-methyl/N-ethyl adjacent to an activating group) is 1. The zero-order valence-corrected chi connectivity index (χ0v) is 36.9. The maximum atomic E-state index is 12.8. The molecule has 11 heteroatoms. The van der Waals surface area contributed by atoms with E-state index in [1.165, 1.54) is 83.5 Å². The first-order chi connectivity index (χ1) is 26.4. The third-order valence-electron chi connectivity index (χ3n) is 9.56. The van der Waals surface area contributed by atoms with E-state index in [1.807, 2.05) is 21.1 Å². The van der Waals surface area contributed by atoms with Gasteiger partial charge in [0.05, 0.1) is 27.7 Å². The molecule has 0 rings (SSSR count). The quantitative estimate of drug-likeness (QED) is 0.0204. The van der Waals surface area contributed by atoms with Crippen LogP contribution in [0.2, 0.25) is 0 Å². The Morgan fingerprint density at radius 1 is 0.618 bits per heavy atom. The molecule has 0 saturated heterocycles. The lowest BCUT2D eigenvalue weighted by Crippen LogP contribution is -2.37. The summed E-state index contributed by atoms with van der Waals surface area (Å²) in [5, 5.41) is 10.5. The molecular weight excluding hydrogens is 717 g/mol. The van der Waals surface area contributed by atoms with E-state index < -0.39 is 38.6 Å². The van der Waals surface area contributed by atoms with Gasteiger partial charge in [0.25, 0.3) is 0 Å². The number of carbonyl (C=O) groups excluding carboxylic acids is 2. The van der Waals surface area contributed by atoms with Crippen molar-refractivity contribution in [1.82, 2.24) is 0 Å². The molecule has 10 nitrogen and oxygen atoms in total. The fourth-order valence-electron chi connectivity index (χ4n) is 5.95. The Hall–Kier alpha value is -1.55. The number of hydrogen-bond donors (Lipinski definition) is 2. The fourth-order valence-corrected chi connectivity index (χ4v) is 6.69. The SMILES string of the molecule is CCCCCCCC/C=C\CCCCCCCC(=O)OC[C@H](COP(=O)(O)OCC[N+](C)(C)C)OC(=O)[C@@H](O)CCCCCC/C=C\CCCCCCCC. The van der Waals surface area contributed by atoms with E-state index in [1.54, 1.807) is 0 Å². The number of aliphatic hydroxyl groups excluding tert-OH is 1. The largest absolute Gasteiger partial charge is 0.472 e. The highest BCUT2D eigenvalue weighted by Gasteiger charge is 2.28. The van der Waals surface area contributed by atoms with E-state index in [9.17, 15) is 24.2 Å². The van der Waals surface area contributed by atoms with E-state index in [4.69, 9.17) is 18.5 Å². The van der Waals surface area contributed by atoms with Gasteiger partial charge in [0.1, 0.15) is 19.8 Å². The number of carbonyl (C=O) groups is 2. The van der Waals surface area contributed by atoms with Crippen LogP contribution >= 0.6 is 7.82 Å². The molecule has 3 atom stereocenters. The molecule has 0 aliphatic heterocycles. The predicted octanol–water partition coefficient (Wildman–Crippen LogP) is 11.3. The molecule has 0 bridgehead atoms. The molecule has 0 aromatic rings. The molecule has 0 amide bonds. The minimum Gasteiger partial charge on any atom is -0.462 e. The first kappa shape index (κ1) is 53.5. The van der Waals surface area contributed by atoms with Gasteiger partial charge in [-0.3, -0.25) is 13.8 Å². The first-order valence-electron chi connectivity index (χ1n) is 22.2. The zero-order chi connectivity index (χ0) is 40.9. The molecule has 0 fully saturated rings. The van der Waals surface area contributed by atoms with Crippen LogP contribution in [0.1, 0.15) is 187 Å². The highest BCUT2D eigenvalue weighted by molar-refractivity contribution is 7.47. The second kappa shape index (κ2) is 36.8. The molecule has 0 aromatic carbocycles. The van der Waals surface area contributed by atoms with Crippen LogP contribution in [-0.2, 0) is 32.7 Å². The van der Waals surface area contributed by atoms with Crippen LogP contribution < -0.4 is 0 Å². The van der Waals surface area contributed by atoms with Gasteiger partial charge >= 0.3 is 19.8 Å². The molecular formula is C44H85NO9P+. The second-order valence-corrected chi connectivity index (χ2v) is 17.7. The molecule has 0 saturated carbocycles. The average molecular weight is 803 g/mol. The molecule has 1 unspecified atom stereocenters. The number of esters is 2. The van der Waals surface area contributed by atoms with Crippen LogP contribution in [0.3, 0.4) is 0 Å². The van der Waals surface area contributed by atoms with Crippen molar-refractivity contribution in [1.29, 1.82) is 0 Å². The Kier molecular flexibility index (Phi) is 35.7. The minimum atomic E-state index is -4.45. The van der Waals surface area contributed by atoms with E-state index in [-0.39, 0.29) is 26.1 Å². The summed E-state index contributed by atoms with van der Waals surface area (Å²) in [6, 6.07) is 0. The maximum Gasteiger partial charge on any atom is 0.472 e. The Morgan fingerprint density at radius 2 is 1.05 bits per heavy atom. The van der Waals surface area contributed by atoms with E-state index in [0.717, 1.165) is 64.2 Å². The zero-order valence-electron chi connectivity index (χ0n) is 36.0. The molecule has 0 radical (unpaired) electrons. The van der Waals surface area contributed by atoms with Crippen molar-refractivity contribution < 1.29 is 47.2 Å². The minimum absolute atomic E-state index is 0.0130. The predicted molar refractivity (Wildman–Crippen MR) is 226 cm³/mol. The first-order valence-corrected chi connectivity index (χ1v) is 23.7. The molecule has 0 aliphatic carbocycles. The van der Waals surface area contributed by atoms with Crippen LogP contribution in [0.4, 0.5) is 0 Å². The Bertz CT molecular complexity index is 1010. The van der Waals surface area contributed by atoms with Crippen molar-refractivity contribution in [2.75, 3.05) is 47.5 Å². The Balaban J connectivity index is 4.51. The standard InChI is InChI=1S/C44H84NO9P/c1-6-8-10-12-14-16-18-20-22-24-26-28-30-32-34-36-43(47)51-39-41(40-53-55(49,50)52-38-37-45(3,4)5)54-44(48)42(46)35-33-31-29-27-25-23-21-19-17-15-13-11-9-7-2/h20-23,41-42,46H,6-19,24-40H2,1-5H3/p+1/b22-20-,23-21-/t41-,42+/m1/s1. The smallest absolute Gasteiger partial charge is 0.462 e. The summed E-state index contributed by atoms with van der Waals surface area (Å²) in [6.45, 7) is 4.07. The number of hydrogen-bond acceptors (Lipinski definition) is 8. The summed E-state index contributed by atoms with van der Waals surface area (Å²) in [4.78, 5) is 35.4. The van der Waals surface area contributed by atoms with Crippen LogP contribution in [0.15, 0.2) is 24.3 Å². The van der Waals surface area contributed by atoms with Crippen molar-refractivity contribution in [3.05, 3.63) is 24.3 Å². The van der Waals surface area contributed by atoms with Gasteiger partial charge in [-0.25, -0.2) is 9.36 Å². The summed E-state index contributed by atoms with van der Waals surface area (Å²) in [5.74, 6) is -1.32. The molecule has 0 aromatic heterocycles. The number of rotatable bonds is 40. The highest BCUT2D eigenvalue weighted by atomic mass is 31.2. The van der Waals surface area contributed by atoms with Crippen molar-refractivity contribution >= 4 is 19.8 Å². The van der Waals surface area contributed by atoms with Crippen molar-refractivity contribution in [2.24, 2.45) is 0 Å². The van der Waals surface area contributed by atoms with Crippen molar-refractivity contribution in [3.63, 3.8) is 0 Å². The van der Waals surface area contributed by atoms with Gasteiger partial charge in [0.2, 0.25) is 0 Å². The van der Waals surface area contributed by atoms with E-state index >= 15 is 0 Å². The van der Waals surface area contributed by atoms with Crippen LogP contribution in [0, 0.1) is 0 Å². The van der Waals surface area contributed by atoms with Gasteiger partial charge in [-0.1, -0.05) is 141 Å². The number of aliphatic hydroxyl groups is 1. The number of nitrogens with zero attached hydrogens (tertiary/aromatic N) is 1. The molecule has 0 spiro atoms. The Labute approximate surface area is 337 Å². The van der Waals surface area contributed by atoms with E-state index in [2.05, 4.69) is 38.2 Å². The summed E-state index contributed by atoms with van der Waals surface area (Å²) >= 11 is 0. The maximum absolute atomic E-state index is 12.8. The topological polar surface area (TPSA) is 129 Å². The summed E-state index contributed by atoms with van der Waals surface area (Å²) in [7, 11) is 1.32. The number of ether oxygens (including phenoxy) is 2. The Morgan fingerprint density at radius 3 is 1.53 bits per heavy atom.